The molecule has 0 spiro atoms. The molecule has 1 aromatic rings. The van der Waals surface area contributed by atoms with E-state index in [4.69, 9.17) is 23.1 Å². The van der Waals surface area contributed by atoms with Crippen LogP contribution in [-0.4, -0.2) is 92.6 Å². The van der Waals surface area contributed by atoms with Crippen LogP contribution in [0, 0.1) is 3.70 Å². The molecule has 13 heteroatoms. The summed E-state index contributed by atoms with van der Waals surface area (Å²) in [6.45, 7) is 3.81. The van der Waals surface area contributed by atoms with Crippen LogP contribution in [0.15, 0.2) is 6.20 Å². The Morgan fingerprint density at radius 1 is 1.48 bits per heavy atom. The predicted molar refractivity (Wildman–Crippen MR) is 103 cm³/mol. The molecule has 1 aromatic heterocycles. The van der Waals surface area contributed by atoms with E-state index < -0.39 is 40.3 Å². The Labute approximate surface area is 173 Å². The second-order valence-electron chi connectivity index (χ2n) is 6.82. The third kappa shape index (κ3) is 5.20. The summed E-state index contributed by atoms with van der Waals surface area (Å²) < 4.78 is 54.1. The van der Waals surface area contributed by atoms with Gasteiger partial charge in [-0.2, -0.15) is 0 Å². The van der Waals surface area contributed by atoms with Crippen molar-refractivity contribution in [3.05, 3.63) is 9.90 Å². The zero-order valence-corrected chi connectivity index (χ0v) is 19.6. The van der Waals surface area contributed by atoms with Gasteiger partial charge in [0.25, 0.3) is 0 Å². The fraction of sp³-hybridized carbons (Fsp3) is 0.857. The number of methoxy groups -OCH3 is 1. The molecule has 0 bridgehead atoms. The van der Waals surface area contributed by atoms with Gasteiger partial charge < -0.3 is 0 Å². The fourth-order valence-corrected chi connectivity index (χ4v) is 5.02. The molecule has 151 valence electrons. The first-order valence-corrected chi connectivity index (χ1v) is 15.3. The number of ether oxygens (including phenoxy) is 4. The van der Waals surface area contributed by atoms with E-state index in [-0.39, 0.29) is 30.9 Å². The molecule has 0 saturated carbocycles. The van der Waals surface area contributed by atoms with Gasteiger partial charge >= 0.3 is 174 Å². The van der Waals surface area contributed by atoms with Gasteiger partial charge in [0.05, 0.1) is 0 Å². The average Bonchev–Trinajstić information content (AvgIpc) is 3.06. The van der Waals surface area contributed by atoms with Crippen LogP contribution in [0.5, 0.6) is 0 Å². The third-order valence-electron chi connectivity index (χ3n) is 4.39. The molecular formula is C14H22AlIN3O7S. The number of rotatable bonds is 6. The van der Waals surface area contributed by atoms with Crippen LogP contribution in [0.3, 0.4) is 0 Å². The summed E-state index contributed by atoms with van der Waals surface area (Å²) in [5.41, 5.74) is 0. The fourth-order valence-electron chi connectivity index (χ4n) is 3.30. The number of halogens is 1. The molecule has 1 radical (unpaired) electrons. The summed E-state index contributed by atoms with van der Waals surface area (Å²) in [6, 6.07) is -0.369. The van der Waals surface area contributed by atoms with Crippen LogP contribution in [0.25, 0.3) is 0 Å². The van der Waals surface area contributed by atoms with E-state index in [0.717, 1.165) is 9.96 Å². The van der Waals surface area contributed by atoms with Crippen LogP contribution in [0.4, 0.5) is 0 Å². The normalized spacial score (nSPS) is 33.5. The molecule has 2 fully saturated rings. The molecule has 0 N–H and O–H groups in total. The van der Waals surface area contributed by atoms with Crippen molar-refractivity contribution < 1.29 is 31.5 Å². The van der Waals surface area contributed by atoms with E-state index in [2.05, 4.69) is 22.7 Å². The SMILES string of the molecule is CO[C@@H]1[C@@H](n2cc([I]=[Al])nn2)[C@H]2OC(C)(C)OC[C@H]2O[C@@H]1COS(C)(=O)=O. The minimum absolute atomic E-state index is 0.168. The molecule has 27 heavy (non-hydrogen) atoms. The molecule has 0 amide bonds. The van der Waals surface area contributed by atoms with E-state index in [0.29, 0.717) is 6.61 Å². The molecule has 3 rings (SSSR count). The van der Waals surface area contributed by atoms with Gasteiger partial charge in [-0.1, -0.05) is 0 Å². The standard InChI is InChI=1S/C14H22IN3O7S.Al/c1-14(2)22-6-8-13(25-14)11(18-5-10(15)16-17-18)12(21-3)9(24-8)7-23-26(4,19)20;/h5,8-9,11-13H,6-7H2,1-4H3;/t8-,9-,11-,12+,13+;/m1./s1. The zero-order valence-electron chi connectivity index (χ0n) is 15.4. The number of nitrogens with zero attached hydrogens (tertiary/aromatic N) is 3. The van der Waals surface area contributed by atoms with Gasteiger partial charge in [-0.15, -0.1) is 0 Å². The number of fused-ring (bicyclic) bond motifs is 1. The van der Waals surface area contributed by atoms with E-state index in [1.54, 1.807) is 11.8 Å². The first kappa shape index (κ1) is 21.9. The summed E-state index contributed by atoms with van der Waals surface area (Å²) in [5, 5.41) is 8.45. The van der Waals surface area contributed by atoms with Crippen LogP contribution < -0.4 is 0 Å². The maximum absolute atomic E-state index is 11.4. The Kier molecular flexibility index (Phi) is 6.87. The molecular weight excluding hydrogens is 508 g/mol. The predicted octanol–water partition coefficient (Wildman–Crippen LogP) is -0.0469. The van der Waals surface area contributed by atoms with Crippen molar-refractivity contribution >= 4 is 40.8 Å². The first-order valence-electron chi connectivity index (χ1n) is 8.23. The third-order valence-corrected chi connectivity index (χ3v) is 7.59. The van der Waals surface area contributed by atoms with Crippen molar-refractivity contribution in [3.8, 4) is 0 Å². The Morgan fingerprint density at radius 3 is 2.81 bits per heavy atom. The Hall–Kier alpha value is 0.152. The monoisotopic (exact) mass is 530 g/mol. The van der Waals surface area contributed by atoms with Crippen LogP contribution in [0.2, 0.25) is 0 Å². The van der Waals surface area contributed by atoms with Gasteiger partial charge in [0.1, 0.15) is 0 Å². The number of hydrogen-bond donors (Lipinski definition) is 0. The molecule has 0 aliphatic carbocycles. The van der Waals surface area contributed by atoms with Crippen LogP contribution in [0.1, 0.15) is 19.9 Å². The average molecular weight is 530 g/mol. The summed E-state index contributed by atoms with van der Waals surface area (Å²) in [7, 11) is -2.07. The Bertz CT molecular complexity index is 789. The zero-order chi connectivity index (χ0) is 19.8. The van der Waals surface area contributed by atoms with Gasteiger partial charge in [-0.3, -0.25) is 0 Å². The van der Waals surface area contributed by atoms with Gasteiger partial charge in [0, 0.05) is 0 Å². The first-order chi connectivity index (χ1) is 12.6. The summed E-state index contributed by atoms with van der Waals surface area (Å²) in [4.78, 5) is 0. The molecule has 2 aliphatic rings. The minimum atomic E-state index is -3.62. The van der Waals surface area contributed by atoms with E-state index in [1.165, 1.54) is 0 Å². The van der Waals surface area contributed by atoms with Crippen molar-refractivity contribution in [2.45, 2.75) is 50.1 Å². The van der Waals surface area contributed by atoms with E-state index in [1.807, 2.05) is 20.0 Å². The second kappa shape index (κ2) is 8.49. The van der Waals surface area contributed by atoms with Crippen molar-refractivity contribution in [2.75, 3.05) is 26.6 Å². The van der Waals surface area contributed by atoms with Crippen molar-refractivity contribution in [2.24, 2.45) is 0 Å². The van der Waals surface area contributed by atoms with Crippen molar-refractivity contribution in [1.29, 1.82) is 0 Å². The number of aromatic nitrogens is 3. The van der Waals surface area contributed by atoms with Gasteiger partial charge in [-0.05, 0) is 0 Å². The molecule has 10 nitrogen and oxygen atoms in total. The van der Waals surface area contributed by atoms with Crippen molar-refractivity contribution in [1.82, 2.24) is 15.0 Å². The van der Waals surface area contributed by atoms with E-state index in [9.17, 15) is 8.42 Å². The van der Waals surface area contributed by atoms with Gasteiger partial charge in [0.2, 0.25) is 0 Å². The van der Waals surface area contributed by atoms with E-state index >= 15 is 0 Å². The number of hydrogen-bond acceptors (Lipinski definition) is 9. The Morgan fingerprint density at radius 2 is 2.22 bits per heavy atom. The Balaban J connectivity index is 1.94. The molecule has 0 unspecified atom stereocenters. The van der Waals surface area contributed by atoms with Crippen LogP contribution >= 0.6 is 18.3 Å². The molecule has 2 aliphatic heterocycles. The van der Waals surface area contributed by atoms with Crippen molar-refractivity contribution in [3.63, 3.8) is 0 Å². The molecule has 2 saturated heterocycles. The summed E-state index contributed by atoms with van der Waals surface area (Å²) in [6.07, 6.45) is 0.882. The molecule has 5 atom stereocenters. The van der Waals surface area contributed by atoms with Crippen LogP contribution in [-0.2, 0) is 33.2 Å². The topological polar surface area (TPSA) is 111 Å². The second-order valence-corrected chi connectivity index (χ2v) is 11.7. The quantitative estimate of drug-likeness (QED) is 0.284. The van der Waals surface area contributed by atoms with Gasteiger partial charge in [-0.25, -0.2) is 0 Å². The summed E-state index contributed by atoms with van der Waals surface area (Å²) in [5.74, 6) is -0.784. The summed E-state index contributed by atoms with van der Waals surface area (Å²) >= 11 is 2.41. The molecule has 0 aromatic carbocycles. The maximum atomic E-state index is 11.4. The van der Waals surface area contributed by atoms with Gasteiger partial charge in [0.15, 0.2) is 0 Å². The molecule has 3 heterocycles.